The molecule has 2 rings (SSSR count). The molecule has 0 heterocycles. The fourth-order valence-corrected chi connectivity index (χ4v) is 2.74. The summed E-state index contributed by atoms with van der Waals surface area (Å²) in [7, 11) is 0. The van der Waals surface area contributed by atoms with Gasteiger partial charge in [0.15, 0.2) is 0 Å². The summed E-state index contributed by atoms with van der Waals surface area (Å²) in [5.74, 6) is -0.875. The lowest BCUT2D eigenvalue weighted by molar-refractivity contribution is 0.0696. The number of aromatic carboxylic acids is 1. The average molecular weight is 258 g/mol. The van der Waals surface area contributed by atoms with Gasteiger partial charge in [0.1, 0.15) is 0 Å². The summed E-state index contributed by atoms with van der Waals surface area (Å²) in [5, 5.41) is 8.98. The van der Waals surface area contributed by atoms with Crippen molar-refractivity contribution in [1.29, 1.82) is 0 Å². The Kier molecular flexibility index (Phi) is 3.72. The van der Waals surface area contributed by atoms with Gasteiger partial charge in [-0.25, -0.2) is 4.79 Å². The second kappa shape index (κ2) is 5.27. The minimum absolute atomic E-state index is 0.365. The normalized spacial score (nSPS) is 10.3. The molecule has 1 N–H and O–H groups in total. The number of aryl methyl sites for hydroxylation is 2. The van der Waals surface area contributed by atoms with Crippen molar-refractivity contribution < 1.29 is 9.90 Å². The highest BCUT2D eigenvalue weighted by Crippen LogP contribution is 2.31. The minimum Gasteiger partial charge on any atom is -0.478 e. The number of hydrogen-bond acceptors (Lipinski definition) is 2. The first kappa shape index (κ1) is 12.7. The molecular formula is C15H14O2S. The van der Waals surface area contributed by atoms with Gasteiger partial charge in [0.05, 0.1) is 5.56 Å². The van der Waals surface area contributed by atoms with Gasteiger partial charge in [-0.15, -0.1) is 0 Å². The maximum Gasteiger partial charge on any atom is 0.335 e. The maximum absolute atomic E-state index is 10.9. The Bertz CT molecular complexity index is 591. The molecule has 0 atom stereocenters. The van der Waals surface area contributed by atoms with Crippen LogP contribution in [0.2, 0.25) is 0 Å². The van der Waals surface area contributed by atoms with Gasteiger partial charge < -0.3 is 5.11 Å². The van der Waals surface area contributed by atoms with Crippen LogP contribution < -0.4 is 0 Å². The summed E-state index contributed by atoms with van der Waals surface area (Å²) >= 11 is 1.66. The van der Waals surface area contributed by atoms with E-state index in [1.807, 2.05) is 31.2 Å². The summed E-state index contributed by atoms with van der Waals surface area (Å²) in [5.41, 5.74) is 2.38. The molecule has 2 aromatic carbocycles. The second-order valence-corrected chi connectivity index (χ2v) is 5.26. The second-order valence-electron chi connectivity index (χ2n) is 4.15. The van der Waals surface area contributed by atoms with Gasteiger partial charge in [0.25, 0.3) is 0 Å². The quantitative estimate of drug-likeness (QED) is 0.898. The van der Waals surface area contributed by atoms with Crippen molar-refractivity contribution in [3.63, 3.8) is 0 Å². The fourth-order valence-electron chi connectivity index (χ4n) is 1.74. The first-order valence-electron chi connectivity index (χ1n) is 5.65. The van der Waals surface area contributed by atoms with Crippen molar-refractivity contribution in [2.45, 2.75) is 23.6 Å². The Morgan fingerprint density at radius 2 is 1.78 bits per heavy atom. The van der Waals surface area contributed by atoms with E-state index < -0.39 is 5.97 Å². The van der Waals surface area contributed by atoms with Crippen molar-refractivity contribution in [3.8, 4) is 0 Å². The van der Waals surface area contributed by atoms with Gasteiger partial charge in [0, 0.05) is 9.79 Å². The zero-order chi connectivity index (χ0) is 13.1. The van der Waals surface area contributed by atoms with E-state index in [1.54, 1.807) is 17.8 Å². The lowest BCUT2D eigenvalue weighted by Crippen LogP contribution is -1.99. The summed E-state index contributed by atoms with van der Waals surface area (Å²) in [4.78, 5) is 13.2. The topological polar surface area (TPSA) is 37.3 Å². The number of rotatable bonds is 3. The molecule has 0 fully saturated rings. The number of carboxylic acid groups (broad SMARTS) is 1. The van der Waals surface area contributed by atoms with Crippen LogP contribution in [0.3, 0.4) is 0 Å². The molecular weight excluding hydrogens is 244 g/mol. The zero-order valence-electron chi connectivity index (χ0n) is 10.3. The fraction of sp³-hybridized carbons (Fsp3) is 0.133. The predicted octanol–water partition coefficient (Wildman–Crippen LogP) is 4.15. The molecule has 0 unspecified atom stereocenters. The Labute approximate surface area is 111 Å². The van der Waals surface area contributed by atoms with E-state index in [1.165, 1.54) is 10.5 Å². The summed E-state index contributed by atoms with van der Waals surface area (Å²) in [6, 6.07) is 13.6. The third-order valence-corrected chi connectivity index (χ3v) is 3.92. The third kappa shape index (κ3) is 2.74. The van der Waals surface area contributed by atoms with E-state index in [4.69, 9.17) is 5.11 Å². The first-order chi connectivity index (χ1) is 8.58. The van der Waals surface area contributed by atoms with Crippen molar-refractivity contribution in [2.75, 3.05) is 0 Å². The Morgan fingerprint density at radius 1 is 1.06 bits per heavy atom. The van der Waals surface area contributed by atoms with Crippen molar-refractivity contribution >= 4 is 17.7 Å². The molecule has 0 aliphatic carbocycles. The predicted molar refractivity (Wildman–Crippen MR) is 73.4 cm³/mol. The lowest BCUT2D eigenvalue weighted by Gasteiger charge is -2.07. The van der Waals surface area contributed by atoms with Crippen molar-refractivity contribution in [2.24, 2.45) is 0 Å². The molecule has 92 valence electrons. The molecule has 2 nitrogen and oxygen atoms in total. The molecule has 0 amide bonds. The van der Waals surface area contributed by atoms with Gasteiger partial charge >= 0.3 is 5.97 Å². The van der Waals surface area contributed by atoms with Gasteiger partial charge in [-0.05, 0) is 49.2 Å². The summed E-state index contributed by atoms with van der Waals surface area (Å²) in [6.45, 7) is 3.90. The Morgan fingerprint density at radius 3 is 2.39 bits per heavy atom. The molecule has 0 saturated heterocycles. The van der Waals surface area contributed by atoms with E-state index in [2.05, 4.69) is 19.1 Å². The highest BCUT2D eigenvalue weighted by molar-refractivity contribution is 7.99. The summed E-state index contributed by atoms with van der Waals surface area (Å²) in [6.07, 6.45) is 0. The SMILES string of the molecule is Cc1ccccc1Sc1ccc(C(=O)O)c(C)c1. The van der Waals surface area contributed by atoms with Gasteiger partial charge in [0.2, 0.25) is 0 Å². The van der Waals surface area contributed by atoms with E-state index in [9.17, 15) is 4.79 Å². The van der Waals surface area contributed by atoms with Crippen LogP contribution in [0.4, 0.5) is 0 Å². The molecule has 0 spiro atoms. The van der Waals surface area contributed by atoms with Gasteiger partial charge in [-0.2, -0.15) is 0 Å². The zero-order valence-corrected chi connectivity index (χ0v) is 11.1. The third-order valence-electron chi connectivity index (χ3n) is 2.75. The molecule has 0 aliphatic rings. The molecule has 0 aromatic heterocycles. The smallest absolute Gasteiger partial charge is 0.335 e. The molecule has 0 radical (unpaired) electrons. The maximum atomic E-state index is 10.9. The summed E-state index contributed by atoms with van der Waals surface area (Å²) < 4.78 is 0. The van der Waals surface area contributed by atoms with E-state index in [0.717, 1.165) is 10.5 Å². The Hall–Kier alpha value is -1.74. The van der Waals surface area contributed by atoms with Crippen LogP contribution in [0, 0.1) is 13.8 Å². The number of carboxylic acids is 1. The number of carbonyl (C=O) groups is 1. The monoisotopic (exact) mass is 258 g/mol. The van der Waals surface area contributed by atoms with E-state index in [-0.39, 0.29) is 0 Å². The van der Waals surface area contributed by atoms with Crippen LogP contribution >= 0.6 is 11.8 Å². The van der Waals surface area contributed by atoms with Crippen LogP contribution in [0.1, 0.15) is 21.5 Å². The van der Waals surface area contributed by atoms with Crippen LogP contribution in [0.25, 0.3) is 0 Å². The largest absolute Gasteiger partial charge is 0.478 e. The minimum atomic E-state index is -0.875. The highest BCUT2D eigenvalue weighted by Gasteiger charge is 2.08. The number of benzene rings is 2. The van der Waals surface area contributed by atoms with E-state index in [0.29, 0.717) is 5.56 Å². The standard InChI is InChI=1S/C15H14O2S/c1-10-5-3-4-6-14(10)18-12-7-8-13(15(16)17)11(2)9-12/h3-9H,1-2H3,(H,16,17). The first-order valence-corrected chi connectivity index (χ1v) is 6.47. The van der Waals surface area contributed by atoms with Crippen LogP contribution in [-0.4, -0.2) is 11.1 Å². The van der Waals surface area contributed by atoms with Crippen molar-refractivity contribution in [1.82, 2.24) is 0 Å². The Balaban J connectivity index is 2.29. The molecule has 0 aliphatic heterocycles. The molecule has 18 heavy (non-hydrogen) atoms. The van der Waals surface area contributed by atoms with E-state index >= 15 is 0 Å². The van der Waals surface area contributed by atoms with Gasteiger partial charge in [-0.3, -0.25) is 0 Å². The lowest BCUT2D eigenvalue weighted by atomic mass is 10.1. The van der Waals surface area contributed by atoms with Crippen LogP contribution in [0.15, 0.2) is 52.3 Å². The molecule has 0 bridgehead atoms. The van der Waals surface area contributed by atoms with Gasteiger partial charge in [-0.1, -0.05) is 30.0 Å². The van der Waals surface area contributed by atoms with Crippen molar-refractivity contribution in [3.05, 3.63) is 59.2 Å². The van der Waals surface area contributed by atoms with Crippen LogP contribution in [0.5, 0.6) is 0 Å². The highest BCUT2D eigenvalue weighted by atomic mass is 32.2. The van der Waals surface area contributed by atoms with Crippen LogP contribution in [-0.2, 0) is 0 Å². The number of hydrogen-bond donors (Lipinski definition) is 1. The molecule has 0 saturated carbocycles. The average Bonchev–Trinajstić information content (AvgIpc) is 2.32. The molecule has 2 aromatic rings. The molecule has 3 heteroatoms.